The van der Waals surface area contributed by atoms with Gasteiger partial charge in [-0.15, -0.1) is 0 Å². The molecule has 1 saturated carbocycles. The molecule has 6 heteroatoms. The molecule has 0 radical (unpaired) electrons. The number of benzene rings is 2. The molecule has 0 saturated heterocycles. The SMILES string of the molecule is O=c1[nH]c2c(cc1C[NH2+]C1CCCCC1)c(-c1cccc(F)c1)nn2-c1ccccc1. The Hall–Kier alpha value is -3.25. The molecule has 0 amide bonds. The molecule has 158 valence electrons. The van der Waals surface area contributed by atoms with E-state index >= 15 is 0 Å². The van der Waals surface area contributed by atoms with E-state index in [1.807, 2.05) is 42.5 Å². The Morgan fingerprint density at radius 1 is 1.03 bits per heavy atom. The van der Waals surface area contributed by atoms with Crippen LogP contribution in [0.3, 0.4) is 0 Å². The fraction of sp³-hybridized carbons (Fsp3) is 0.280. The van der Waals surface area contributed by atoms with Crippen LogP contribution in [-0.2, 0) is 6.54 Å². The number of pyridine rings is 1. The maximum atomic E-state index is 14.0. The summed E-state index contributed by atoms with van der Waals surface area (Å²) in [6.45, 7) is 0.634. The van der Waals surface area contributed by atoms with E-state index in [9.17, 15) is 9.18 Å². The van der Waals surface area contributed by atoms with Gasteiger partial charge in [0.1, 0.15) is 23.7 Å². The normalized spacial score (nSPS) is 14.9. The van der Waals surface area contributed by atoms with Crippen LogP contribution in [0.2, 0.25) is 0 Å². The number of hydrogen-bond donors (Lipinski definition) is 2. The molecule has 4 aromatic rings. The third-order valence-corrected chi connectivity index (χ3v) is 6.18. The van der Waals surface area contributed by atoms with Crippen LogP contribution < -0.4 is 10.9 Å². The Kier molecular flexibility index (Phi) is 5.38. The van der Waals surface area contributed by atoms with Crippen molar-refractivity contribution < 1.29 is 9.71 Å². The Morgan fingerprint density at radius 3 is 2.61 bits per heavy atom. The number of para-hydroxylation sites is 1. The molecule has 1 aliphatic carbocycles. The average molecular weight is 418 g/mol. The highest BCUT2D eigenvalue weighted by Crippen LogP contribution is 2.29. The van der Waals surface area contributed by atoms with Gasteiger partial charge in [0.25, 0.3) is 5.56 Å². The van der Waals surface area contributed by atoms with Gasteiger partial charge in [-0.2, -0.15) is 5.10 Å². The Morgan fingerprint density at radius 2 is 1.84 bits per heavy atom. The minimum Gasteiger partial charge on any atom is -0.340 e. The van der Waals surface area contributed by atoms with Crippen LogP contribution in [0.4, 0.5) is 4.39 Å². The van der Waals surface area contributed by atoms with Crippen molar-refractivity contribution in [3.8, 4) is 16.9 Å². The maximum Gasteiger partial charge on any atom is 0.258 e. The molecule has 3 N–H and O–H groups in total. The fourth-order valence-corrected chi connectivity index (χ4v) is 4.53. The van der Waals surface area contributed by atoms with Gasteiger partial charge in [0.15, 0.2) is 0 Å². The summed E-state index contributed by atoms with van der Waals surface area (Å²) in [5, 5.41) is 7.88. The van der Waals surface area contributed by atoms with E-state index in [1.54, 1.807) is 10.7 Å². The zero-order valence-electron chi connectivity index (χ0n) is 17.4. The zero-order valence-corrected chi connectivity index (χ0v) is 17.4. The van der Waals surface area contributed by atoms with Crippen molar-refractivity contribution in [2.24, 2.45) is 0 Å². The van der Waals surface area contributed by atoms with Crippen molar-refractivity contribution in [2.75, 3.05) is 0 Å². The molecule has 31 heavy (non-hydrogen) atoms. The molecular weight excluding hydrogens is 391 g/mol. The number of aromatic amines is 1. The van der Waals surface area contributed by atoms with Gasteiger partial charge in [0.2, 0.25) is 0 Å². The topological polar surface area (TPSA) is 67.3 Å². The summed E-state index contributed by atoms with van der Waals surface area (Å²) in [5.74, 6) is -0.310. The summed E-state index contributed by atoms with van der Waals surface area (Å²) in [7, 11) is 0. The van der Waals surface area contributed by atoms with E-state index in [1.165, 1.54) is 44.2 Å². The first kappa shape index (κ1) is 19.7. The van der Waals surface area contributed by atoms with Gasteiger partial charge in [-0.05, 0) is 56.0 Å². The molecule has 0 atom stereocenters. The minimum absolute atomic E-state index is 0.0950. The van der Waals surface area contributed by atoms with E-state index in [4.69, 9.17) is 5.10 Å². The van der Waals surface area contributed by atoms with Crippen LogP contribution in [0.5, 0.6) is 0 Å². The summed E-state index contributed by atoms with van der Waals surface area (Å²) < 4.78 is 15.7. The lowest BCUT2D eigenvalue weighted by molar-refractivity contribution is -0.706. The molecule has 0 spiro atoms. The predicted octanol–water partition coefficient (Wildman–Crippen LogP) is 3.92. The summed E-state index contributed by atoms with van der Waals surface area (Å²) in [6, 6.07) is 18.6. The molecule has 0 unspecified atom stereocenters. The van der Waals surface area contributed by atoms with Gasteiger partial charge in [-0.1, -0.05) is 36.8 Å². The van der Waals surface area contributed by atoms with Crippen LogP contribution in [0.15, 0.2) is 65.5 Å². The summed E-state index contributed by atoms with van der Waals surface area (Å²) in [4.78, 5) is 16.0. The number of nitrogens with one attached hydrogen (secondary N) is 1. The van der Waals surface area contributed by atoms with Gasteiger partial charge < -0.3 is 10.3 Å². The van der Waals surface area contributed by atoms with Gasteiger partial charge in [-0.3, -0.25) is 4.79 Å². The summed E-state index contributed by atoms with van der Waals surface area (Å²) in [6.07, 6.45) is 6.27. The first-order valence-corrected chi connectivity index (χ1v) is 11.0. The van der Waals surface area contributed by atoms with Crippen molar-refractivity contribution in [1.82, 2.24) is 14.8 Å². The van der Waals surface area contributed by atoms with E-state index in [-0.39, 0.29) is 11.4 Å². The van der Waals surface area contributed by atoms with Gasteiger partial charge in [0.05, 0.1) is 17.3 Å². The van der Waals surface area contributed by atoms with Crippen molar-refractivity contribution in [3.63, 3.8) is 0 Å². The number of fused-ring (bicyclic) bond motifs is 1. The third kappa shape index (κ3) is 4.03. The van der Waals surface area contributed by atoms with Crippen molar-refractivity contribution >= 4 is 11.0 Å². The molecule has 2 aromatic heterocycles. The predicted molar refractivity (Wildman–Crippen MR) is 120 cm³/mol. The van der Waals surface area contributed by atoms with Crippen LogP contribution in [0.1, 0.15) is 37.7 Å². The van der Waals surface area contributed by atoms with Gasteiger partial charge in [-0.25, -0.2) is 9.07 Å². The van der Waals surface area contributed by atoms with E-state index < -0.39 is 0 Å². The highest BCUT2D eigenvalue weighted by molar-refractivity contribution is 5.92. The molecule has 0 bridgehead atoms. The largest absolute Gasteiger partial charge is 0.340 e. The number of nitrogens with two attached hydrogens (primary N) is 1. The lowest BCUT2D eigenvalue weighted by atomic mass is 9.95. The molecule has 5 nitrogen and oxygen atoms in total. The number of hydrogen-bond acceptors (Lipinski definition) is 2. The van der Waals surface area contributed by atoms with Gasteiger partial charge >= 0.3 is 0 Å². The van der Waals surface area contributed by atoms with E-state index in [0.717, 1.165) is 16.6 Å². The van der Waals surface area contributed by atoms with Crippen LogP contribution in [0, 0.1) is 5.82 Å². The second-order valence-electron chi connectivity index (χ2n) is 8.33. The number of H-pyrrole nitrogens is 1. The summed E-state index contributed by atoms with van der Waals surface area (Å²) >= 11 is 0. The number of halogens is 1. The Bertz CT molecular complexity index is 1260. The quantitative estimate of drug-likeness (QED) is 0.517. The molecule has 1 aliphatic rings. The molecule has 2 aromatic carbocycles. The highest BCUT2D eigenvalue weighted by atomic mass is 19.1. The number of rotatable bonds is 5. The van der Waals surface area contributed by atoms with Crippen molar-refractivity contribution in [2.45, 2.75) is 44.7 Å². The van der Waals surface area contributed by atoms with Crippen LogP contribution >= 0.6 is 0 Å². The highest BCUT2D eigenvalue weighted by Gasteiger charge is 2.20. The first-order valence-electron chi connectivity index (χ1n) is 11.0. The van der Waals surface area contributed by atoms with Gasteiger partial charge in [0, 0.05) is 10.9 Å². The number of nitrogens with zero attached hydrogens (tertiary/aromatic N) is 2. The molecule has 2 heterocycles. The van der Waals surface area contributed by atoms with Crippen LogP contribution in [0.25, 0.3) is 28.0 Å². The maximum absolute atomic E-state index is 14.0. The fourth-order valence-electron chi connectivity index (χ4n) is 4.53. The minimum atomic E-state index is -0.310. The molecular formula is C25H26FN4O+. The Balaban J connectivity index is 1.61. The van der Waals surface area contributed by atoms with E-state index in [2.05, 4.69) is 10.3 Å². The molecule has 5 rings (SSSR count). The van der Waals surface area contributed by atoms with Crippen molar-refractivity contribution in [3.05, 3.63) is 82.4 Å². The second kappa shape index (κ2) is 8.47. The third-order valence-electron chi connectivity index (χ3n) is 6.18. The smallest absolute Gasteiger partial charge is 0.258 e. The zero-order chi connectivity index (χ0) is 21.2. The monoisotopic (exact) mass is 417 g/mol. The molecule has 1 fully saturated rings. The van der Waals surface area contributed by atoms with Crippen molar-refractivity contribution in [1.29, 1.82) is 0 Å². The first-order chi connectivity index (χ1) is 15.2. The number of quaternary nitrogens is 1. The Labute approximate surface area is 179 Å². The summed E-state index contributed by atoms with van der Waals surface area (Å²) in [5.41, 5.74) is 3.44. The standard InChI is InChI=1S/C25H25FN4O/c26-19-9-7-8-17(14-19)23-22-15-18(16-27-20-10-3-1-4-11-20)25(31)28-24(22)30(29-23)21-12-5-2-6-13-21/h2,5-9,12-15,20,27H,1,3-4,10-11,16H2,(H,28,31)/p+1. The number of aromatic nitrogens is 3. The lowest BCUT2D eigenvalue weighted by Crippen LogP contribution is -2.89. The lowest BCUT2D eigenvalue weighted by Gasteiger charge is -2.19. The average Bonchev–Trinajstić information content (AvgIpc) is 3.17. The van der Waals surface area contributed by atoms with Crippen LogP contribution in [-0.4, -0.2) is 20.8 Å². The second-order valence-corrected chi connectivity index (χ2v) is 8.33. The van der Waals surface area contributed by atoms with E-state index in [0.29, 0.717) is 29.5 Å². The molecule has 0 aliphatic heterocycles.